The number of rotatable bonds is 8. The van der Waals surface area contributed by atoms with Gasteiger partial charge in [0.05, 0.1) is 17.6 Å². The SMILES string of the molecule is CNC(=O)c1ccc(-c2cccc3c2CCN(C(=O)c2cn(-c4cccc(Cl)c4F)nn2)C3C(=O)Nc2ccc(CC(=O)O)cc2)cn1. The Hall–Kier alpha value is -5.95. The first-order valence-corrected chi connectivity index (χ1v) is 15.1. The molecule has 3 N–H and O–H groups in total. The van der Waals surface area contributed by atoms with Crippen molar-refractivity contribution in [3.8, 4) is 16.8 Å². The topological polar surface area (TPSA) is 159 Å². The van der Waals surface area contributed by atoms with Gasteiger partial charge in [-0.05, 0) is 59.0 Å². The van der Waals surface area contributed by atoms with Crippen LogP contribution < -0.4 is 10.6 Å². The monoisotopic (exact) mass is 667 g/mol. The van der Waals surface area contributed by atoms with Gasteiger partial charge in [0, 0.05) is 31.0 Å². The number of hydrogen-bond donors (Lipinski definition) is 3. The summed E-state index contributed by atoms with van der Waals surface area (Å²) < 4.78 is 15.8. The van der Waals surface area contributed by atoms with Crippen molar-refractivity contribution in [3.05, 3.63) is 124 Å². The van der Waals surface area contributed by atoms with E-state index in [4.69, 9.17) is 16.7 Å². The molecule has 1 aliphatic rings. The Morgan fingerprint density at radius 3 is 2.48 bits per heavy atom. The lowest BCUT2D eigenvalue weighted by atomic mass is 9.86. The van der Waals surface area contributed by atoms with E-state index in [2.05, 4.69) is 25.9 Å². The summed E-state index contributed by atoms with van der Waals surface area (Å²) >= 11 is 5.94. The second-order valence-corrected chi connectivity index (χ2v) is 11.3. The number of anilines is 1. The number of benzene rings is 3. The molecule has 5 aromatic rings. The van der Waals surface area contributed by atoms with Crippen molar-refractivity contribution >= 4 is 41.0 Å². The summed E-state index contributed by atoms with van der Waals surface area (Å²) in [5, 5.41) is 22.3. The van der Waals surface area contributed by atoms with E-state index in [0.29, 0.717) is 23.2 Å². The quantitative estimate of drug-likeness (QED) is 0.218. The minimum Gasteiger partial charge on any atom is -0.481 e. The number of carbonyl (C=O) groups is 4. The minimum atomic E-state index is -1.12. The van der Waals surface area contributed by atoms with E-state index in [9.17, 15) is 23.6 Å². The molecule has 3 aromatic carbocycles. The van der Waals surface area contributed by atoms with Gasteiger partial charge in [0.25, 0.3) is 17.7 Å². The number of nitrogens with one attached hydrogen (secondary N) is 2. The smallest absolute Gasteiger partial charge is 0.307 e. The second kappa shape index (κ2) is 13.4. The second-order valence-electron chi connectivity index (χ2n) is 10.9. The Morgan fingerprint density at radius 1 is 1.00 bits per heavy atom. The van der Waals surface area contributed by atoms with Crippen LogP contribution >= 0.6 is 11.6 Å². The van der Waals surface area contributed by atoms with Gasteiger partial charge < -0.3 is 20.6 Å². The Morgan fingerprint density at radius 2 is 1.77 bits per heavy atom. The number of aromatic nitrogens is 4. The number of carboxylic acid groups (broad SMARTS) is 1. The number of aliphatic carboxylic acids is 1. The van der Waals surface area contributed by atoms with Crippen molar-refractivity contribution in [1.82, 2.24) is 30.2 Å². The van der Waals surface area contributed by atoms with E-state index < -0.39 is 29.6 Å². The molecule has 0 radical (unpaired) electrons. The van der Waals surface area contributed by atoms with Gasteiger partial charge in [0.2, 0.25) is 0 Å². The average Bonchev–Trinajstić information content (AvgIpc) is 3.59. The standard InChI is InChI=1S/C34H27ClFN7O5/c1-37-32(46)26-13-10-20(17-38-26)22-4-2-5-24-23(22)14-15-42(31(24)33(47)39-21-11-8-19(9-12-21)16-29(44)45)34(48)27-18-43(41-40-27)28-7-3-6-25(35)30(28)36/h2-13,17-18,31H,14-16H2,1H3,(H,37,46)(H,39,47)(H,44,45). The molecule has 2 aromatic heterocycles. The van der Waals surface area contributed by atoms with E-state index >= 15 is 0 Å². The van der Waals surface area contributed by atoms with Crippen molar-refractivity contribution in [3.63, 3.8) is 0 Å². The van der Waals surface area contributed by atoms with Gasteiger partial charge in [-0.2, -0.15) is 0 Å². The zero-order chi connectivity index (χ0) is 33.9. The fourth-order valence-electron chi connectivity index (χ4n) is 5.64. The molecule has 0 saturated heterocycles. The third-order valence-corrected chi connectivity index (χ3v) is 8.22. The van der Waals surface area contributed by atoms with Crippen LogP contribution in [0.4, 0.5) is 10.1 Å². The van der Waals surface area contributed by atoms with Crippen LogP contribution in [0.2, 0.25) is 5.02 Å². The first kappa shape index (κ1) is 32.0. The third-order valence-electron chi connectivity index (χ3n) is 7.93. The highest BCUT2D eigenvalue weighted by Crippen LogP contribution is 2.37. The predicted molar refractivity (Wildman–Crippen MR) is 173 cm³/mol. The summed E-state index contributed by atoms with van der Waals surface area (Å²) in [5.41, 5.74) is 3.99. The van der Waals surface area contributed by atoms with E-state index in [0.717, 1.165) is 21.4 Å². The van der Waals surface area contributed by atoms with Crippen molar-refractivity contribution < 1.29 is 28.7 Å². The molecule has 1 unspecified atom stereocenters. The number of halogens is 2. The van der Waals surface area contributed by atoms with E-state index in [1.54, 1.807) is 60.8 Å². The molecule has 0 spiro atoms. The van der Waals surface area contributed by atoms with Gasteiger partial charge in [-0.3, -0.25) is 24.2 Å². The van der Waals surface area contributed by atoms with Crippen LogP contribution in [-0.2, 0) is 22.4 Å². The van der Waals surface area contributed by atoms with Crippen LogP contribution in [0.15, 0.2) is 85.2 Å². The lowest BCUT2D eigenvalue weighted by Gasteiger charge is -2.37. The Balaban J connectivity index is 1.37. The first-order chi connectivity index (χ1) is 23.1. The van der Waals surface area contributed by atoms with Crippen molar-refractivity contribution in [2.45, 2.75) is 18.9 Å². The number of nitrogens with zero attached hydrogens (tertiary/aromatic N) is 5. The minimum absolute atomic E-state index is 0.000587. The summed E-state index contributed by atoms with van der Waals surface area (Å²) in [5.74, 6) is -3.16. The molecular weight excluding hydrogens is 641 g/mol. The zero-order valence-corrected chi connectivity index (χ0v) is 26.1. The van der Waals surface area contributed by atoms with E-state index in [-0.39, 0.29) is 41.0 Å². The molecule has 3 amide bonds. The fraction of sp³-hybridized carbons (Fsp3) is 0.147. The highest BCUT2D eigenvalue weighted by Gasteiger charge is 2.38. The molecule has 0 bridgehead atoms. The molecular formula is C34H27ClFN7O5. The van der Waals surface area contributed by atoms with E-state index in [1.807, 2.05) is 6.07 Å². The number of fused-ring (bicyclic) bond motifs is 1. The van der Waals surface area contributed by atoms with Gasteiger partial charge in [-0.25, -0.2) is 9.07 Å². The maximum Gasteiger partial charge on any atom is 0.307 e. The average molecular weight is 668 g/mol. The van der Waals surface area contributed by atoms with Crippen LogP contribution in [0.25, 0.3) is 16.8 Å². The number of pyridine rings is 1. The van der Waals surface area contributed by atoms with Crippen molar-refractivity contribution in [1.29, 1.82) is 0 Å². The molecule has 1 atom stereocenters. The lowest BCUT2D eigenvalue weighted by molar-refractivity contribution is -0.136. The lowest BCUT2D eigenvalue weighted by Crippen LogP contribution is -2.45. The molecule has 12 nitrogen and oxygen atoms in total. The normalized spacial score (nSPS) is 13.8. The van der Waals surface area contributed by atoms with Gasteiger partial charge in [0.15, 0.2) is 11.5 Å². The first-order valence-electron chi connectivity index (χ1n) is 14.7. The van der Waals surface area contributed by atoms with Crippen LogP contribution in [0.1, 0.15) is 43.7 Å². The van der Waals surface area contributed by atoms with Crippen molar-refractivity contribution in [2.75, 3.05) is 18.9 Å². The molecule has 0 saturated carbocycles. The van der Waals surface area contributed by atoms with Gasteiger partial charge >= 0.3 is 5.97 Å². The highest BCUT2D eigenvalue weighted by molar-refractivity contribution is 6.30. The molecule has 1 aliphatic heterocycles. The van der Waals surface area contributed by atoms with E-state index in [1.165, 1.54) is 30.3 Å². The molecule has 0 aliphatic carbocycles. The third kappa shape index (κ3) is 6.35. The molecule has 0 fully saturated rings. The molecule has 3 heterocycles. The van der Waals surface area contributed by atoms with Crippen LogP contribution in [0.3, 0.4) is 0 Å². The largest absolute Gasteiger partial charge is 0.481 e. The fourth-order valence-corrected chi connectivity index (χ4v) is 5.81. The van der Waals surface area contributed by atoms with Crippen LogP contribution in [-0.4, -0.2) is 67.3 Å². The number of carbonyl (C=O) groups excluding carboxylic acids is 3. The predicted octanol–water partition coefficient (Wildman–Crippen LogP) is 4.49. The number of hydrogen-bond acceptors (Lipinski definition) is 7. The van der Waals surface area contributed by atoms with Crippen LogP contribution in [0, 0.1) is 5.82 Å². The number of carboxylic acids is 1. The van der Waals surface area contributed by atoms with Gasteiger partial charge in [-0.15, -0.1) is 5.10 Å². The Labute approximate surface area is 278 Å². The highest BCUT2D eigenvalue weighted by atomic mass is 35.5. The maximum atomic E-state index is 14.7. The molecule has 242 valence electrons. The molecule has 6 rings (SSSR count). The zero-order valence-electron chi connectivity index (χ0n) is 25.4. The summed E-state index contributed by atoms with van der Waals surface area (Å²) in [6.45, 7) is 0.126. The summed E-state index contributed by atoms with van der Waals surface area (Å²) in [6.07, 6.45) is 3.06. The summed E-state index contributed by atoms with van der Waals surface area (Å²) in [4.78, 5) is 56.9. The summed E-state index contributed by atoms with van der Waals surface area (Å²) in [7, 11) is 1.52. The van der Waals surface area contributed by atoms with Gasteiger partial charge in [-0.1, -0.05) is 59.3 Å². The van der Waals surface area contributed by atoms with Crippen molar-refractivity contribution in [2.24, 2.45) is 0 Å². The number of amides is 3. The van der Waals surface area contributed by atoms with Gasteiger partial charge in [0.1, 0.15) is 17.4 Å². The molecule has 48 heavy (non-hydrogen) atoms. The molecule has 14 heteroatoms. The Kier molecular flexibility index (Phi) is 8.95. The van der Waals surface area contributed by atoms with Crippen LogP contribution in [0.5, 0.6) is 0 Å². The maximum absolute atomic E-state index is 14.7. The Bertz CT molecular complexity index is 2050. The summed E-state index contributed by atoms with van der Waals surface area (Å²) in [6, 6.07) is 18.4.